The van der Waals surface area contributed by atoms with Gasteiger partial charge in [0.05, 0.1) is 25.2 Å². The van der Waals surface area contributed by atoms with Crippen LogP contribution in [0.15, 0.2) is 47.4 Å². The van der Waals surface area contributed by atoms with Gasteiger partial charge in [-0.1, -0.05) is 6.07 Å². The molecule has 0 radical (unpaired) electrons. The fourth-order valence-electron chi connectivity index (χ4n) is 4.29. The Labute approximate surface area is 177 Å². The maximum Gasteiger partial charge on any atom is 0.243 e. The van der Waals surface area contributed by atoms with E-state index in [1.54, 1.807) is 53.8 Å². The van der Waals surface area contributed by atoms with E-state index >= 15 is 0 Å². The molecule has 2 fully saturated rings. The Balaban J connectivity index is 1.63. The van der Waals surface area contributed by atoms with Crippen molar-refractivity contribution in [2.24, 2.45) is 0 Å². The Morgan fingerprint density at radius 2 is 1.73 bits per heavy atom. The van der Waals surface area contributed by atoms with Gasteiger partial charge in [0.25, 0.3) is 0 Å². The van der Waals surface area contributed by atoms with E-state index in [2.05, 4.69) is 0 Å². The summed E-state index contributed by atoms with van der Waals surface area (Å²) in [6.07, 6.45) is 2.87. The first-order valence-electron chi connectivity index (χ1n) is 10.1. The molecule has 0 aromatic heterocycles. The molecule has 2 aromatic rings. The van der Waals surface area contributed by atoms with Crippen LogP contribution in [-0.4, -0.2) is 45.9 Å². The highest BCUT2D eigenvalue weighted by molar-refractivity contribution is 7.89. The van der Waals surface area contributed by atoms with Gasteiger partial charge in [0.15, 0.2) is 0 Å². The molecule has 8 heteroatoms. The fourth-order valence-corrected chi connectivity index (χ4v) is 5.96. The lowest BCUT2D eigenvalue weighted by atomic mass is 10.0. The first kappa shape index (κ1) is 20.7. The van der Waals surface area contributed by atoms with Gasteiger partial charge in [-0.05, 0) is 49.6 Å². The number of amides is 1. The van der Waals surface area contributed by atoms with Crippen molar-refractivity contribution in [1.82, 2.24) is 4.31 Å². The standard InChI is InChI=1S/C22H26N2O5S/c1-28-17-9-12-19(21(15-17)29-2)20-5-3-14-24(20)30(26,27)18-10-7-16(8-11-18)23-13-4-6-22(23)25/h7-12,15,20H,3-6,13-14H2,1-2H3/t20-/m0/s1. The predicted octanol–water partition coefficient (Wildman–Crippen LogP) is 3.36. The van der Waals surface area contributed by atoms with Gasteiger partial charge in [-0.15, -0.1) is 0 Å². The zero-order chi connectivity index (χ0) is 21.3. The molecule has 2 heterocycles. The van der Waals surface area contributed by atoms with Gasteiger partial charge >= 0.3 is 0 Å². The third kappa shape index (κ3) is 3.65. The van der Waals surface area contributed by atoms with Crippen molar-refractivity contribution in [3.63, 3.8) is 0 Å². The molecule has 2 saturated heterocycles. The van der Waals surface area contributed by atoms with Crippen LogP contribution in [0, 0.1) is 0 Å². The van der Waals surface area contributed by atoms with Crippen molar-refractivity contribution in [1.29, 1.82) is 0 Å². The van der Waals surface area contributed by atoms with Gasteiger partial charge in [-0.25, -0.2) is 8.42 Å². The lowest BCUT2D eigenvalue weighted by molar-refractivity contribution is -0.117. The summed E-state index contributed by atoms with van der Waals surface area (Å²) in [6.45, 7) is 1.13. The van der Waals surface area contributed by atoms with Gasteiger partial charge < -0.3 is 14.4 Å². The smallest absolute Gasteiger partial charge is 0.243 e. The van der Waals surface area contributed by atoms with E-state index in [0.717, 1.165) is 30.5 Å². The van der Waals surface area contributed by atoms with E-state index in [9.17, 15) is 13.2 Å². The number of methoxy groups -OCH3 is 2. The lowest BCUT2D eigenvalue weighted by Crippen LogP contribution is -2.31. The molecule has 160 valence electrons. The summed E-state index contributed by atoms with van der Waals surface area (Å²) in [5, 5.41) is 0. The van der Waals surface area contributed by atoms with Gasteiger partial charge in [0, 0.05) is 36.8 Å². The maximum atomic E-state index is 13.4. The highest BCUT2D eigenvalue weighted by Crippen LogP contribution is 2.41. The Hall–Kier alpha value is -2.58. The second kappa shape index (κ2) is 8.28. The highest BCUT2D eigenvalue weighted by Gasteiger charge is 2.37. The number of carbonyl (C=O) groups is 1. The number of anilines is 1. The molecule has 30 heavy (non-hydrogen) atoms. The van der Waals surface area contributed by atoms with E-state index in [4.69, 9.17) is 9.47 Å². The number of ether oxygens (including phenoxy) is 2. The average Bonchev–Trinajstić information content (AvgIpc) is 3.43. The fraction of sp³-hybridized carbons (Fsp3) is 0.409. The SMILES string of the molecule is COc1ccc([C@@H]2CCCN2S(=O)(=O)c2ccc(N3CCCC3=O)cc2)c(OC)c1. The first-order valence-corrected chi connectivity index (χ1v) is 11.5. The average molecular weight is 431 g/mol. The molecule has 2 aliphatic rings. The number of benzene rings is 2. The third-order valence-corrected chi connectivity index (χ3v) is 7.75. The molecule has 1 amide bonds. The van der Waals surface area contributed by atoms with Crippen molar-refractivity contribution in [2.45, 2.75) is 36.6 Å². The molecular formula is C22H26N2O5S. The van der Waals surface area contributed by atoms with Crippen LogP contribution in [0.3, 0.4) is 0 Å². The van der Waals surface area contributed by atoms with Gasteiger partial charge in [-0.2, -0.15) is 4.31 Å². The first-order chi connectivity index (χ1) is 14.5. The van der Waals surface area contributed by atoms with Crippen molar-refractivity contribution in [2.75, 3.05) is 32.2 Å². The number of rotatable bonds is 6. The van der Waals surface area contributed by atoms with Crippen LogP contribution >= 0.6 is 0 Å². The summed E-state index contributed by atoms with van der Waals surface area (Å²) < 4.78 is 39.2. The molecule has 0 bridgehead atoms. The summed E-state index contributed by atoms with van der Waals surface area (Å²) in [5.41, 5.74) is 1.57. The van der Waals surface area contributed by atoms with Crippen molar-refractivity contribution >= 4 is 21.6 Å². The minimum Gasteiger partial charge on any atom is -0.497 e. The molecule has 2 aromatic carbocycles. The molecule has 0 spiro atoms. The van der Waals surface area contributed by atoms with Crippen LogP contribution < -0.4 is 14.4 Å². The number of hydrogen-bond donors (Lipinski definition) is 0. The minimum absolute atomic E-state index is 0.0804. The molecular weight excluding hydrogens is 404 g/mol. The van der Waals surface area contributed by atoms with Crippen LogP contribution in [-0.2, 0) is 14.8 Å². The molecule has 0 aliphatic carbocycles. The molecule has 7 nitrogen and oxygen atoms in total. The second-order valence-corrected chi connectivity index (χ2v) is 9.42. The summed E-state index contributed by atoms with van der Waals surface area (Å²) >= 11 is 0. The number of nitrogens with zero attached hydrogens (tertiary/aromatic N) is 2. The lowest BCUT2D eigenvalue weighted by Gasteiger charge is -2.26. The summed E-state index contributed by atoms with van der Waals surface area (Å²) in [7, 11) is -0.530. The topological polar surface area (TPSA) is 76.2 Å². The monoisotopic (exact) mass is 430 g/mol. The van der Waals surface area contributed by atoms with E-state index in [-0.39, 0.29) is 16.8 Å². The van der Waals surface area contributed by atoms with Crippen LogP contribution in [0.2, 0.25) is 0 Å². The number of carbonyl (C=O) groups excluding carboxylic acids is 1. The zero-order valence-electron chi connectivity index (χ0n) is 17.2. The Kier molecular flexibility index (Phi) is 5.71. The molecule has 0 saturated carbocycles. The quantitative estimate of drug-likeness (QED) is 0.702. The largest absolute Gasteiger partial charge is 0.497 e. The van der Waals surface area contributed by atoms with Crippen molar-refractivity contribution in [3.8, 4) is 11.5 Å². The van der Waals surface area contributed by atoms with Gasteiger partial charge in [0.1, 0.15) is 11.5 Å². The van der Waals surface area contributed by atoms with E-state index in [0.29, 0.717) is 31.0 Å². The molecule has 4 rings (SSSR count). The molecule has 2 aliphatic heterocycles. The second-order valence-electron chi connectivity index (χ2n) is 7.52. The predicted molar refractivity (Wildman–Crippen MR) is 113 cm³/mol. The van der Waals surface area contributed by atoms with Crippen LogP contribution in [0.1, 0.15) is 37.3 Å². The minimum atomic E-state index is -3.69. The summed E-state index contributed by atoms with van der Waals surface area (Å²) in [5.74, 6) is 1.36. The number of hydrogen-bond acceptors (Lipinski definition) is 5. The van der Waals surface area contributed by atoms with Crippen molar-refractivity contribution in [3.05, 3.63) is 48.0 Å². The summed E-state index contributed by atoms with van der Waals surface area (Å²) in [6, 6.07) is 11.8. The van der Waals surface area contributed by atoms with Crippen LogP contribution in [0.4, 0.5) is 5.69 Å². The van der Waals surface area contributed by atoms with E-state index < -0.39 is 10.0 Å². The Bertz CT molecular complexity index is 1040. The third-order valence-electron chi connectivity index (χ3n) is 5.83. The van der Waals surface area contributed by atoms with Crippen LogP contribution in [0.5, 0.6) is 11.5 Å². The normalized spacial score (nSPS) is 20.0. The van der Waals surface area contributed by atoms with Crippen LogP contribution in [0.25, 0.3) is 0 Å². The van der Waals surface area contributed by atoms with Gasteiger partial charge in [-0.3, -0.25) is 4.79 Å². The van der Waals surface area contributed by atoms with E-state index in [1.807, 2.05) is 12.1 Å². The number of sulfonamides is 1. The zero-order valence-corrected chi connectivity index (χ0v) is 18.0. The molecule has 1 atom stereocenters. The molecule has 0 unspecified atom stereocenters. The van der Waals surface area contributed by atoms with Gasteiger partial charge in [0.2, 0.25) is 15.9 Å². The Morgan fingerprint density at radius 1 is 0.967 bits per heavy atom. The maximum absolute atomic E-state index is 13.4. The summed E-state index contributed by atoms with van der Waals surface area (Å²) in [4.78, 5) is 13.9. The Morgan fingerprint density at radius 3 is 2.37 bits per heavy atom. The van der Waals surface area contributed by atoms with E-state index in [1.165, 1.54) is 0 Å². The highest BCUT2D eigenvalue weighted by atomic mass is 32.2. The molecule has 0 N–H and O–H groups in total. The van der Waals surface area contributed by atoms with Crippen molar-refractivity contribution < 1.29 is 22.7 Å².